The van der Waals surface area contributed by atoms with Gasteiger partial charge in [0.25, 0.3) is 0 Å². The molecule has 0 aliphatic heterocycles. The first kappa shape index (κ1) is 21.2. The smallest absolute Gasteiger partial charge is 0.175 e. The van der Waals surface area contributed by atoms with Crippen LogP contribution in [0.1, 0.15) is 29.2 Å². The van der Waals surface area contributed by atoms with E-state index in [9.17, 15) is 4.39 Å². The third-order valence-corrected chi connectivity index (χ3v) is 5.16. The van der Waals surface area contributed by atoms with Crippen LogP contribution in [0.4, 0.5) is 10.1 Å². The first-order valence-electron chi connectivity index (χ1n) is 9.60. The number of aryl methyl sites for hydroxylation is 2. The molecule has 0 radical (unpaired) electrons. The third-order valence-electron chi connectivity index (χ3n) is 4.58. The Balaban J connectivity index is 1.78. The van der Waals surface area contributed by atoms with Gasteiger partial charge in [-0.15, -0.1) is 0 Å². The second-order valence-corrected chi connectivity index (χ2v) is 7.74. The maximum Gasteiger partial charge on any atom is 0.175 e. The molecule has 0 saturated carbocycles. The zero-order chi connectivity index (χ0) is 20.8. The lowest BCUT2D eigenvalue weighted by Crippen LogP contribution is -2.05. The van der Waals surface area contributed by atoms with Crippen molar-refractivity contribution < 1.29 is 13.9 Å². The van der Waals surface area contributed by atoms with Gasteiger partial charge in [0.2, 0.25) is 0 Å². The van der Waals surface area contributed by atoms with Crippen LogP contribution < -0.4 is 14.8 Å². The minimum atomic E-state index is -0.282. The van der Waals surface area contributed by atoms with Gasteiger partial charge in [-0.25, -0.2) is 4.39 Å². The second kappa shape index (κ2) is 9.79. The van der Waals surface area contributed by atoms with E-state index in [1.807, 2.05) is 19.1 Å². The molecule has 0 bridgehead atoms. The van der Waals surface area contributed by atoms with Crippen molar-refractivity contribution in [2.75, 3.05) is 11.9 Å². The lowest BCUT2D eigenvalue weighted by molar-refractivity contribution is 0.264. The van der Waals surface area contributed by atoms with E-state index in [0.717, 1.165) is 15.7 Å². The van der Waals surface area contributed by atoms with Gasteiger partial charge >= 0.3 is 0 Å². The molecule has 0 unspecified atom stereocenters. The number of halogens is 2. The Morgan fingerprint density at radius 3 is 2.55 bits per heavy atom. The lowest BCUT2D eigenvalue weighted by Gasteiger charge is -2.17. The average molecular weight is 458 g/mol. The molecular formula is C24H25BrFNO2. The Labute approximate surface area is 180 Å². The van der Waals surface area contributed by atoms with Gasteiger partial charge < -0.3 is 14.8 Å². The molecule has 0 atom stereocenters. The van der Waals surface area contributed by atoms with Crippen molar-refractivity contribution in [2.45, 2.75) is 33.9 Å². The number of hydrogen-bond acceptors (Lipinski definition) is 3. The van der Waals surface area contributed by atoms with Crippen LogP contribution in [0.25, 0.3) is 0 Å². The van der Waals surface area contributed by atoms with Crippen molar-refractivity contribution in [1.29, 1.82) is 0 Å². The topological polar surface area (TPSA) is 30.5 Å². The van der Waals surface area contributed by atoms with E-state index in [1.165, 1.54) is 17.2 Å². The SMILES string of the molecule is CCOc1cc(CNc2cc(C)ccc2C)cc(Br)c1OCc1ccccc1F. The molecule has 29 heavy (non-hydrogen) atoms. The highest BCUT2D eigenvalue weighted by atomic mass is 79.9. The molecule has 1 N–H and O–H groups in total. The Kier molecular flexibility index (Phi) is 7.15. The van der Waals surface area contributed by atoms with Crippen LogP contribution in [0, 0.1) is 19.7 Å². The fraction of sp³-hybridized carbons (Fsp3) is 0.250. The summed E-state index contributed by atoms with van der Waals surface area (Å²) in [6, 6.07) is 16.9. The lowest BCUT2D eigenvalue weighted by atomic mass is 10.1. The van der Waals surface area contributed by atoms with Gasteiger partial charge in [-0.3, -0.25) is 0 Å². The highest BCUT2D eigenvalue weighted by Crippen LogP contribution is 2.38. The molecule has 0 aromatic heterocycles. The summed E-state index contributed by atoms with van der Waals surface area (Å²) in [5.74, 6) is 0.928. The molecule has 3 rings (SSSR count). The van der Waals surface area contributed by atoms with E-state index < -0.39 is 0 Å². The minimum Gasteiger partial charge on any atom is -0.490 e. The normalized spacial score (nSPS) is 10.7. The Hall–Kier alpha value is -2.53. The maximum absolute atomic E-state index is 13.9. The Bertz CT molecular complexity index is 991. The van der Waals surface area contributed by atoms with Crippen LogP contribution in [0.15, 0.2) is 59.1 Å². The van der Waals surface area contributed by atoms with Gasteiger partial charge in [-0.05, 0) is 77.7 Å². The third kappa shape index (κ3) is 5.51. The van der Waals surface area contributed by atoms with Crippen molar-refractivity contribution in [1.82, 2.24) is 0 Å². The molecule has 0 heterocycles. The summed E-state index contributed by atoms with van der Waals surface area (Å²) in [6.45, 7) is 7.38. The van der Waals surface area contributed by atoms with Crippen LogP contribution in [0.2, 0.25) is 0 Å². The summed E-state index contributed by atoms with van der Waals surface area (Å²) >= 11 is 3.59. The van der Waals surface area contributed by atoms with Gasteiger partial charge in [0.05, 0.1) is 11.1 Å². The average Bonchev–Trinajstić information content (AvgIpc) is 2.69. The quantitative estimate of drug-likeness (QED) is 0.403. The molecule has 0 fully saturated rings. The fourth-order valence-electron chi connectivity index (χ4n) is 3.02. The van der Waals surface area contributed by atoms with Gasteiger partial charge in [0.1, 0.15) is 12.4 Å². The van der Waals surface area contributed by atoms with Gasteiger partial charge in [0.15, 0.2) is 11.5 Å². The fourth-order valence-corrected chi connectivity index (χ4v) is 3.62. The summed E-state index contributed by atoms with van der Waals surface area (Å²) in [6.07, 6.45) is 0. The van der Waals surface area contributed by atoms with Crippen molar-refractivity contribution >= 4 is 21.6 Å². The predicted molar refractivity (Wildman–Crippen MR) is 119 cm³/mol. The first-order chi connectivity index (χ1) is 14.0. The molecule has 3 nitrogen and oxygen atoms in total. The summed E-state index contributed by atoms with van der Waals surface area (Å²) < 4.78 is 26.4. The summed E-state index contributed by atoms with van der Waals surface area (Å²) in [4.78, 5) is 0. The van der Waals surface area contributed by atoms with Crippen LogP contribution >= 0.6 is 15.9 Å². The molecule has 152 valence electrons. The molecular weight excluding hydrogens is 433 g/mol. The highest BCUT2D eigenvalue weighted by molar-refractivity contribution is 9.10. The number of rotatable bonds is 8. The van der Waals surface area contributed by atoms with Crippen LogP contribution in [-0.4, -0.2) is 6.61 Å². The van der Waals surface area contributed by atoms with E-state index >= 15 is 0 Å². The molecule has 0 amide bonds. The zero-order valence-electron chi connectivity index (χ0n) is 16.9. The van der Waals surface area contributed by atoms with Crippen molar-refractivity contribution in [2.24, 2.45) is 0 Å². The summed E-state index contributed by atoms with van der Waals surface area (Å²) in [7, 11) is 0. The van der Waals surface area contributed by atoms with Gasteiger partial charge in [0, 0.05) is 17.8 Å². The van der Waals surface area contributed by atoms with Crippen molar-refractivity contribution in [3.63, 3.8) is 0 Å². The summed E-state index contributed by atoms with van der Waals surface area (Å²) in [5, 5.41) is 3.48. The monoisotopic (exact) mass is 457 g/mol. The molecule has 0 spiro atoms. The maximum atomic E-state index is 13.9. The van der Waals surface area contributed by atoms with Gasteiger partial charge in [-0.2, -0.15) is 0 Å². The van der Waals surface area contributed by atoms with Gasteiger partial charge in [-0.1, -0.05) is 30.3 Å². The van der Waals surface area contributed by atoms with Crippen LogP contribution in [0.3, 0.4) is 0 Å². The van der Waals surface area contributed by atoms with Crippen molar-refractivity contribution in [3.8, 4) is 11.5 Å². The minimum absolute atomic E-state index is 0.130. The van der Waals surface area contributed by atoms with Crippen molar-refractivity contribution in [3.05, 3.63) is 87.1 Å². The van der Waals surface area contributed by atoms with E-state index in [-0.39, 0.29) is 12.4 Å². The molecule has 0 aliphatic rings. The first-order valence-corrected chi connectivity index (χ1v) is 10.4. The summed E-state index contributed by atoms with van der Waals surface area (Å²) in [5.41, 5.74) is 5.08. The number of benzene rings is 3. The molecule has 3 aromatic rings. The van der Waals surface area contributed by atoms with E-state index in [2.05, 4.69) is 53.3 Å². The number of ether oxygens (including phenoxy) is 2. The largest absolute Gasteiger partial charge is 0.490 e. The van der Waals surface area contributed by atoms with E-state index in [0.29, 0.717) is 30.2 Å². The Morgan fingerprint density at radius 1 is 1.00 bits per heavy atom. The molecule has 0 saturated heterocycles. The Morgan fingerprint density at radius 2 is 1.79 bits per heavy atom. The highest BCUT2D eigenvalue weighted by Gasteiger charge is 2.14. The van der Waals surface area contributed by atoms with E-state index in [1.54, 1.807) is 18.2 Å². The molecule has 3 aromatic carbocycles. The van der Waals surface area contributed by atoms with E-state index in [4.69, 9.17) is 9.47 Å². The predicted octanol–water partition coefficient (Wildman–Crippen LogP) is 6.79. The molecule has 5 heteroatoms. The number of anilines is 1. The standard InChI is InChI=1S/C24H25BrFNO2/c1-4-28-23-13-18(14-27-22-11-16(2)9-10-17(22)3)12-20(25)24(23)29-15-19-7-5-6-8-21(19)26/h5-13,27H,4,14-15H2,1-3H3. The van der Waals surface area contributed by atoms with Crippen LogP contribution in [0.5, 0.6) is 11.5 Å². The second-order valence-electron chi connectivity index (χ2n) is 6.89. The molecule has 0 aliphatic carbocycles. The number of hydrogen-bond donors (Lipinski definition) is 1. The van der Waals surface area contributed by atoms with Crippen LogP contribution in [-0.2, 0) is 13.2 Å². The zero-order valence-corrected chi connectivity index (χ0v) is 18.5. The number of nitrogens with one attached hydrogen (secondary N) is 1.